The molecule has 2 N–H and O–H groups in total. The highest BCUT2D eigenvalue weighted by atomic mass is 16.3. The molecule has 0 aromatic heterocycles. The van der Waals surface area contributed by atoms with Crippen molar-refractivity contribution in [3.63, 3.8) is 0 Å². The van der Waals surface area contributed by atoms with Gasteiger partial charge in [-0.15, -0.1) is 0 Å². The van der Waals surface area contributed by atoms with Crippen LogP contribution in [0.3, 0.4) is 0 Å². The molecule has 3 nitrogen and oxygen atoms in total. The average Bonchev–Trinajstić information content (AvgIpc) is 2.11. The fraction of sp³-hybridized carbons (Fsp3) is 0.714. The van der Waals surface area contributed by atoms with Crippen molar-refractivity contribution in [3.05, 3.63) is 12.4 Å². The Morgan fingerprint density at radius 2 is 2.10 bits per heavy atom. The summed E-state index contributed by atoms with van der Waals surface area (Å²) in [6.45, 7) is 6.15. The van der Waals surface area contributed by atoms with E-state index in [0.717, 1.165) is 0 Å². The van der Waals surface area contributed by atoms with Gasteiger partial charge in [-0.05, 0) is 20.8 Å². The van der Waals surface area contributed by atoms with E-state index in [1.54, 1.807) is 6.20 Å². The summed E-state index contributed by atoms with van der Waals surface area (Å²) in [4.78, 5) is 1.85. The van der Waals surface area contributed by atoms with Gasteiger partial charge in [0, 0.05) is 17.9 Å². The Bertz CT molecular complexity index is 148. The maximum Gasteiger partial charge on any atom is 0.205 e. The van der Waals surface area contributed by atoms with Crippen LogP contribution in [0.4, 0.5) is 0 Å². The first kappa shape index (κ1) is 7.41. The van der Waals surface area contributed by atoms with Gasteiger partial charge < -0.3 is 15.3 Å². The molecule has 0 saturated heterocycles. The second-order valence-electron chi connectivity index (χ2n) is 3.43. The molecule has 1 aliphatic heterocycles. The lowest BCUT2D eigenvalue weighted by atomic mass is 10.1. The molecule has 1 atom stereocenters. The minimum absolute atomic E-state index is 0.0145. The van der Waals surface area contributed by atoms with Crippen molar-refractivity contribution in [1.82, 2.24) is 10.2 Å². The van der Waals surface area contributed by atoms with Crippen LogP contribution in [0.2, 0.25) is 0 Å². The summed E-state index contributed by atoms with van der Waals surface area (Å²) in [6, 6.07) is 0. The van der Waals surface area contributed by atoms with Crippen LogP contribution in [0.25, 0.3) is 0 Å². The SMILES string of the molecule is CC(C)(C)N1C=CNC1O. The molecule has 0 spiro atoms. The van der Waals surface area contributed by atoms with Gasteiger partial charge >= 0.3 is 0 Å². The van der Waals surface area contributed by atoms with Crippen LogP contribution in [0.1, 0.15) is 20.8 Å². The van der Waals surface area contributed by atoms with Gasteiger partial charge in [-0.1, -0.05) is 0 Å². The molecule has 1 heterocycles. The molecule has 0 bridgehead atoms. The van der Waals surface area contributed by atoms with E-state index in [4.69, 9.17) is 0 Å². The van der Waals surface area contributed by atoms with Crippen LogP contribution in [-0.2, 0) is 0 Å². The van der Waals surface area contributed by atoms with Crippen molar-refractivity contribution in [2.45, 2.75) is 32.7 Å². The first-order valence-corrected chi connectivity index (χ1v) is 3.41. The summed E-state index contributed by atoms with van der Waals surface area (Å²) >= 11 is 0. The van der Waals surface area contributed by atoms with Crippen molar-refractivity contribution < 1.29 is 5.11 Å². The number of hydrogen-bond acceptors (Lipinski definition) is 3. The van der Waals surface area contributed by atoms with E-state index in [9.17, 15) is 5.11 Å². The molecular formula is C7H14N2O. The fourth-order valence-electron chi connectivity index (χ4n) is 0.962. The Balaban J connectivity index is 2.64. The molecule has 0 fully saturated rings. The molecule has 58 valence electrons. The van der Waals surface area contributed by atoms with Crippen LogP contribution in [0, 0.1) is 0 Å². The van der Waals surface area contributed by atoms with E-state index in [-0.39, 0.29) is 5.54 Å². The van der Waals surface area contributed by atoms with E-state index in [1.807, 2.05) is 31.9 Å². The maximum atomic E-state index is 9.28. The van der Waals surface area contributed by atoms with E-state index >= 15 is 0 Å². The third kappa shape index (κ3) is 1.24. The quantitative estimate of drug-likeness (QED) is 0.515. The smallest absolute Gasteiger partial charge is 0.205 e. The standard InChI is InChI=1S/C7H14N2O/c1-7(2,3)9-5-4-8-6(9)10/h4-6,8,10H,1-3H3. The third-order valence-corrected chi connectivity index (χ3v) is 1.52. The van der Waals surface area contributed by atoms with Crippen LogP contribution >= 0.6 is 0 Å². The molecule has 10 heavy (non-hydrogen) atoms. The van der Waals surface area contributed by atoms with Crippen LogP contribution in [-0.4, -0.2) is 21.9 Å². The fourth-order valence-corrected chi connectivity index (χ4v) is 0.962. The monoisotopic (exact) mass is 142 g/mol. The number of nitrogens with one attached hydrogen (secondary N) is 1. The number of aliphatic hydroxyl groups is 1. The number of hydrogen-bond donors (Lipinski definition) is 2. The molecule has 0 aromatic carbocycles. The Morgan fingerprint density at radius 1 is 1.50 bits per heavy atom. The summed E-state index contributed by atoms with van der Waals surface area (Å²) in [5.74, 6) is 0. The van der Waals surface area contributed by atoms with Crippen LogP contribution < -0.4 is 5.32 Å². The van der Waals surface area contributed by atoms with E-state index in [0.29, 0.717) is 0 Å². The molecule has 1 rings (SSSR count). The Kier molecular flexibility index (Phi) is 1.60. The first-order valence-electron chi connectivity index (χ1n) is 3.41. The second-order valence-corrected chi connectivity index (χ2v) is 3.43. The third-order valence-electron chi connectivity index (χ3n) is 1.52. The lowest BCUT2D eigenvalue weighted by Crippen LogP contribution is -2.46. The zero-order valence-electron chi connectivity index (χ0n) is 6.63. The zero-order chi connectivity index (χ0) is 7.78. The average molecular weight is 142 g/mol. The summed E-state index contributed by atoms with van der Waals surface area (Å²) in [7, 11) is 0. The molecule has 0 amide bonds. The van der Waals surface area contributed by atoms with Crippen molar-refractivity contribution in [2.75, 3.05) is 0 Å². The minimum atomic E-state index is -0.556. The summed E-state index contributed by atoms with van der Waals surface area (Å²) in [5.41, 5.74) is -0.0145. The van der Waals surface area contributed by atoms with Crippen molar-refractivity contribution in [2.24, 2.45) is 0 Å². The summed E-state index contributed by atoms with van der Waals surface area (Å²) in [5, 5.41) is 12.1. The second kappa shape index (κ2) is 2.16. The zero-order valence-corrected chi connectivity index (χ0v) is 6.63. The Hall–Kier alpha value is -0.700. The van der Waals surface area contributed by atoms with Gasteiger partial charge in [-0.25, -0.2) is 0 Å². The lowest BCUT2D eigenvalue weighted by Gasteiger charge is -2.34. The minimum Gasteiger partial charge on any atom is -0.356 e. The highest BCUT2D eigenvalue weighted by Gasteiger charge is 2.26. The summed E-state index contributed by atoms with van der Waals surface area (Å²) in [6.07, 6.45) is 3.04. The molecular weight excluding hydrogens is 128 g/mol. The molecule has 1 unspecified atom stereocenters. The van der Waals surface area contributed by atoms with E-state index < -0.39 is 6.35 Å². The first-order chi connectivity index (χ1) is 4.52. The molecule has 0 radical (unpaired) electrons. The molecule has 0 aliphatic carbocycles. The van der Waals surface area contributed by atoms with Gasteiger partial charge in [-0.3, -0.25) is 0 Å². The highest BCUT2D eigenvalue weighted by molar-refractivity contribution is 4.95. The molecule has 0 aromatic rings. The van der Waals surface area contributed by atoms with Gasteiger partial charge in [-0.2, -0.15) is 0 Å². The lowest BCUT2D eigenvalue weighted by molar-refractivity contribution is -0.0140. The van der Waals surface area contributed by atoms with Crippen LogP contribution in [0.15, 0.2) is 12.4 Å². The number of aliphatic hydroxyl groups excluding tert-OH is 1. The van der Waals surface area contributed by atoms with Gasteiger partial charge in [0.25, 0.3) is 0 Å². The van der Waals surface area contributed by atoms with E-state index in [2.05, 4.69) is 5.32 Å². The Labute approximate surface area is 61.3 Å². The molecule has 0 saturated carbocycles. The summed E-state index contributed by atoms with van der Waals surface area (Å²) < 4.78 is 0. The van der Waals surface area contributed by atoms with Crippen LogP contribution in [0.5, 0.6) is 0 Å². The number of rotatable bonds is 0. The van der Waals surface area contributed by atoms with Crippen molar-refractivity contribution in [3.8, 4) is 0 Å². The van der Waals surface area contributed by atoms with Gasteiger partial charge in [0.1, 0.15) is 0 Å². The van der Waals surface area contributed by atoms with Gasteiger partial charge in [0.2, 0.25) is 6.35 Å². The van der Waals surface area contributed by atoms with E-state index in [1.165, 1.54) is 0 Å². The largest absolute Gasteiger partial charge is 0.356 e. The highest BCUT2D eigenvalue weighted by Crippen LogP contribution is 2.17. The normalized spacial score (nSPS) is 25.2. The van der Waals surface area contributed by atoms with Crippen molar-refractivity contribution in [1.29, 1.82) is 0 Å². The van der Waals surface area contributed by atoms with Crippen molar-refractivity contribution >= 4 is 0 Å². The topological polar surface area (TPSA) is 35.5 Å². The predicted molar refractivity (Wildman–Crippen MR) is 39.9 cm³/mol. The Morgan fingerprint density at radius 3 is 2.30 bits per heavy atom. The molecule has 3 heteroatoms. The maximum absolute atomic E-state index is 9.28. The van der Waals surface area contributed by atoms with Gasteiger partial charge in [0.05, 0.1) is 0 Å². The number of nitrogens with zero attached hydrogens (tertiary/aromatic N) is 1. The molecule has 1 aliphatic rings. The predicted octanol–water partition coefficient (Wildman–Crippen LogP) is 0.437. The van der Waals surface area contributed by atoms with Gasteiger partial charge in [0.15, 0.2) is 0 Å².